The summed E-state index contributed by atoms with van der Waals surface area (Å²) < 4.78 is 0. The van der Waals surface area contributed by atoms with Gasteiger partial charge < -0.3 is 0 Å². The third kappa shape index (κ3) is 7.50. The zero-order chi connectivity index (χ0) is 30.3. The third-order valence-electron chi connectivity index (χ3n) is 6.99. The summed E-state index contributed by atoms with van der Waals surface area (Å²) in [6.07, 6.45) is 0. The van der Waals surface area contributed by atoms with Crippen LogP contribution >= 0.6 is 0 Å². The number of nitrogens with zero attached hydrogens (tertiary/aromatic N) is 2. The summed E-state index contributed by atoms with van der Waals surface area (Å²) in [6, 6.07) is 25.0. The molecule has 6 heteroatoms. The van der Waals surface area contributed by atoms with Crippen LogP contribution < -0.4 is 10.4 Å². The van der Waals surface area contributed by atoms with Crippen molar-refractivity contribution in [1.29, 1.82) is 0 Å². The average molecular weight is 569 g/mol. The molecule has 0 aromatic heterocycles. The molecule has 0 fully saturated rings. The number of benzene rings is 3. The van der Waals surface area contributed by atoms with Crippen molar-refractivity contribution in [2.45, 2.75) is 66.2 Å². The first kappa shape index (κ1) is 31.5. The molecule has 42 heavy (non-hydrogen) atoms. The van der Waals surface area contributed by atoms with Crippen LogP contribution in [0.1, 0.15) is 77.6 Å². The first-order chi connectivity index (χ1) is 20.0. The maximum atomic E-state index is 5.60. The molecule has 0 unspecified atom stereocenters. The van der Waals surface area contributed by atoms with E-state index in [2.05, 4.69) is 77.9 Å². The van der Waals surface area contributed by atoms with Gasteiger partial charge in [0.25, 0.3) is 0 Å². The van der Waals surface area contributed by atoms with Crippen molar-refractivity contribution in [3.63, 3.8) is 0 Å². The molecule has 3 aromatic rings. The predicted molar refractivity (Wildman–Crippen MR) is 171 cm³/mol. The molecule has 0 radical (unpaired) electrons. The van der Waals surface area contributed by atoms with E-state index in [0.717, 1.165) is 49.7 Å². The Labute approximate surface area is 250 Å². The largest absolute Gasteiger partial charge is 0.237 e. The second-order valence-electron chi connectivity index (χ2n) is 12.4. The van der Waals surface area contributed by atoms with Gasteiger partial charge in [-0.25, -0.2) is 29.5 Å². The molecule has 0 saturated heterocycles. The maximum Gasteiger partial charge on any atom is 0.160 e. The zero-order valence-electron chi connectivity index (χ0n) is 26.3. The highest BCUT2D eigenvalue weighted by molar-refractivity contribution is 6.55. The highest BCUT2D eigenvalue weighted by atomic mass is 17.2. The molecule has 6 nitrogen and oxygen atoms in total. The first-order valence-electron chi connectivity index (χ1n) is 14.7. The van der Waals surface area contributed by atoms with Crippen molar-refractivity contribution in [2.75, 3.05) is 26.4 Å². The second-order valence-corrected chi connectivity index (χ2v) is 12.4. The molecule has 3 aromatic carbocycles. The molecule has 1 aliphatic rings. The average Bonchev–Trinajstić information content (AvgIpc) is 3.42. The lowest BCUT2D eigenvalue weighted by molar-refractivity contribution is -0.293. The van der Waals surface area contributed by atoms with Gasteiger partial charge in [0.2, 0.25) is 0 Å². The van der Waals surface area contributed by atoms with Gasteiger partial charge in [-0.15, -0.1) is 0 Å². The van der Waals surface area contributed by atoms with Crippen molar-refractivity contribution in [3.8, 4) is 0 Å². The van der Waals surface area contributed by atoms with E-state index in [4.69, 9.17) is 29.5 Å². The Morgan fingerprint density at radius 1 is 0.595 bits per heavy atom. The van der Waals surface area contributed by atoms with Gasteiger partial charge in [0.05, 0.1) is 24.6 Å². The minimum atomic E-state index is -0.203. The summed E-state index contributed by atoms with van der Waals surface area (Å²) in [4.78, 5) is 32.1. The fourth-order valence-electron chi connectivity index (χ4n) is 4.98. The first-order valence-corrected chi connectivity index (χ1v) is 14.7. The number of rotatable bonds is 10. The molecule has 0 saturated carbocycles. The molecule has 0 N–H and O–H groups in total. The number of hydrogen-bond donors (Lipinski definition) is 0. The van der Waals surface area contributed by atoms with Gasteiger partial charge in [0, 0.05) is 16.3 Å². The van der Waals surface area contributed by atoms with Crippen molar-refractivity contribution in [2.24, 2.45) is 9.98 Å². The van der Waals surface area contributed by atoms with Crippen molar-refractivity contribution in [3.05, 3.63) is 105 Å². The highest BCUT2D eigenvalue weighted by Gasteiger charge is 2.27. The Bertz CT molecular complexity index is 1430. The van der Waals surface area contributed by atoms with E-state index in [0.29, 0.717) is 19.0 Å². The van der Waals surface area contributed by atoms with Crippen LogP contribution in [0.3, 0.4) is 0 Å². The van der Waals surface area contributed by atoms with Crippen LogP contribution in [0, 0.1) is 0 Å². The van der Waals surface area contributed by atoms with Crippen LogP contribution in [0.25, 0.3) is 11.4 Å². The predicted octanol–water partition coefficient (Wildman–Crippen LogP) is 6.43. The summed E-state index contributed by atoms with van der Waals surface area (Å²) in [6.45, 7) is 18.6. The summed E-state index contributed by atoms with van der Waals surface area (Å²) in [5.74, 6) is 0.702. The topological polar surface area (TPSA) is 61.6 Å². The van der Waals surface area contributed by atoms with E-state index in [9.17, 15) is 0 Å². The Kier molecular flexibility index (Phi) is 10.3. The standard InChI is InChI=1S/C36H44N2O4/c1-9-39-41-23-28(24-42-40-10-2)31-29(35(3,4)5)21-27(22-30(31)36(6,7)8)34-37-32(25-17-13-11-14-18-25)33(38-34)26-19-15-12-16-20-26/h11-22H,9-10,23-24H2,1-8H3. The molecule has 0 bridgehead atoms. The third-order valence-corrected chi connectivity index (χ3v) is 6.99. The molecule has 4 rings (SSSR count). The van der Waals surface area contributed by atoms with Gasteiger partial charge in [-0.3, -0.25) is 0 Å². The van der Waals surface area contributed by atoms with Gasteiger partial charge in [0.15, 0.2) is 5.82 Å². The van der Waals surface area contributed by atoms with Gasteiger partial charge in [0.1, 0.15) is 13.2 Å². The molecular weight excluding hydrogens is 524 g/mol. The van der Waals surface area contributed by atoms with Crippen LogP contribution in [0.15, 0.2) is 82.8 Å². The van der Waals surface area contributed by atoms with Gasteiger partial charge in [-0.2, -0.15) is 0 Å². The summed E-state index contributed by atoms with van der Waals surface area (Å²) in [7, 11) is 0. The smallest absolute Gasteiger partial charge is 0.160 e. The molecule has 222 valence electrons. The van der Waals surface area contributed by atoms with Crippen LogP contribution in [0.4, 0.5) is 0 Å². The highest BCUT2D eigenvalue weighted by Crippen LogP contribution is 2.26. The van der Waals surface area contributed by atoms with E-state index in [1.54, 1.807) is 0 Å². The Balaban J connectivity index is 2.08. The van der Waals surface area contributed by atoms with E-state index in [1.807, 2.05) is 50.2 Å². The molecule has 0 atom stereocenters. The van der Waals surface area contributed by atoms with Crippen LogP contribution in [-0.4, -0.2) is 37.9 Å². The normalized spacial score (nSPS) is 13.8. The Morgan fingerprint density at radius 3 is 1.36 bits per heavy atom. The lowest BCUT2D eigenvalue weighted by Gasteiger charge is -2.28. The molecular formula is C36H44N2O4. The Hall–Kier alpha value is -3.42. The van der Waals surface area contributed by atoms with Gasteiger partial charge in [-0.05, 0) is 58.7 Å². The fraction of sp³-hybridized carbons (Fsp3) is 0.389. The molecule has 0 amide bonds. The van der Waals surface area contributed by atoms with Crippen LogP contribution in [-0.2, 0) is 30.4 Å². The fourth-order valence-corrected chi connectivity index (χ4v) is 4.98. The monoisotopic (exact) mass is 568 g/mol. The number of aliphatic imine (C=N–C) groups is 2. The van der Waals surface area contributed by atoms with Crippen molar-refractivity contribution in [1.82, 2.24) is 0 Å². The van der Waals surface area contributed by atoms with Crippen molar-refractivity contribution < 1.29 is 19.6 Å². The number of hydrogen-bond acceptors (Lipinski definition) is 6. The molecule has 1 heterocycles. The lowest BCUT2D eigenvalue weighted by Crippen LogP contribution is -2.37. The summed E-state index contributed by atoms with van der Waals surface area (Å²) >= 11 is 0. The maximum absolute atomic E-state index is 5.60. The van der Waals surface area contributed by atoms with Crippen LogP contribution in [0.2, 0.25) is 0 Å². The molecule has 0 spiro atoms. The van der Waals surface area contributed by atoms with Crippen molar-refractivity contribution >= 4 is 22.8 Å². The Morgan fingerprint density at radius 2 is 1.00 bits per heavy atom. The van der Waals surface area contributed by atoms with E-state index < -0.39 is 0 Å². The van der Waals surface area contributed by atoms with Crippen LogP contribution in [0.5, 0.6) is 0 Å². The minimum absolute atomic E-state index is 0.203. The van der Waals surface area contributed by atoms with E-state index in [1.165, 1.54) is 0 Å². The molecule has 0 aliphatic carbocycles. The SMILES string of the molecule is CCOOCC(COOCC)=c1c(C(C)(C)C)cc(=C2N=C(c3ccccc3)C(c3ccccc3)=N2)cc1C(C)(C)C. The summed E-state index contributed by atoms with van der Waals surface area (Å²) in [5.41, 5.74) is 6.69. The lowest BCUT2D eigenvalue weighted by atomic mass is 9.77. The van der Waals surface area contributed by atoms with Gasteiger partial charge in [-0.1, -0.05) is 102 Å². The van der Waals surface area contributed by atoms with Gasteiger partial charge >= 0.3 is 0 Å². The quantitative estimate of drug-likeness (QED) is 0.161. The zero-order valence-corrected chi connectivity index (χ0v) is 26.3. The summed E-state index contributed by atoms with van der Waals surface area (Å²) in [5, 5.41) is 2.08. The second kappa shape index (κ2) is 13.7. The minimum Gasteiger partial charge on any atom is -0.237 e. The molecule has 1 aliphatic heterocycles. The van der Waals surface area contributed by atoms with E-state index >= 15 is 0 Å². The van der Waals surface area contributed by atoms with E-state index in [-0.39, 0.29) is 24.0 Å².